The lowest BCUT2D eigenvalue weighted by molar-refractivity contribution is -0.121. The standard InChI is InChI=1S/C9H16O3S/c1-9(2)5-4-7(10)6-8(9)13(3,11)12/h8H,4-6H2,1-3H3. The highest BCUT2D eigenvalue weighted by Crippen LogP contribution is 2.37. The third-order valence-electron chi connectivity index (χ3n) is 2.85. The van der Waals surface area contributed by atoms with Crippen molar-refractivity contribution in [3.63, 3.8) is 0 Å². The Balaban J connectivity index is 2.98. The van der Waals surface area contributed by atoms with Crippen molar-refractivity contribution in [2.24, 2.45) is 5.41 Å². The number of carbonyl (C=O) groups is 1. The maximum atomic E-state index is 11.4. The second-order valence-electron chi connectivity index (χ2n) is 4.55. The van der Waals surface area contributed by atoms with Gasteiger partial charge in [-0.05, 0) is 11.8 Å². The summed E-state index contributed by atoms with van der Waals surface area (Å²) in [6, 6.07) is 0. The van der Waals surface area contributed by atoms with E-state index in [0.29, 0.717) is 12.8 Å². The number of sulfone groups is 1. The van der Waals surface area contributed by atoms with Gasteiger partial charge in [-0.2, -0.15) is 0 Å². The largest absolute Gasteiger partial charge is 0.300 e. The van der Waals surface area contributed by atoms with Crippen molar-refractivity contribution in [3.05, 3.63) is 0 Å². The van der Waals surface area contributed by atoms with Crippen LogP contribution >= 0.6 is 0 Å². The third kappa shape index (κ3) is 2.30. The molecule has 3 nitrogen and oxygen atoms in total. The Hall–Kier alpha value is -0.380. The predicted molar refractivity (Wildman–Crippen MR) is 51.3 cm³/mol. The summed E-state index contributed by atoms with van der Waals surface area (Å²) in [5, 5.41) is -0.485. The lowest BCUT2D eigenvalue weighted by Gasteiger charge is -2.36. The van der Waals surface area contributed by atoms with Gasteiger partial charge in [0, 0.05) is 19.1 Å². The van der Waals surface area contributed by atoms with Crippen molar-refractivity contribution in [3.8, 4) is 0 Å². The minimum absolute atomic E-state index is 0.0785. The van der Waals surface area contributed by atoms with Gasteiger partial charge in [0.15, 0.2) is 9.84 Å². The molecular weight excluding hydrogens is 188 g/mol. The van der Waals surface area contributed by atoms with Gasteiger partial charge in [-0.25, -0.2) is 8.42 Å². The van der Waals surface area contributed by atoms with E-state index in [1.807, 2.05) is 13.8 Å². The zero-order valence-corrected chi connectivity index (χ0v) is 9.15. The minimum Gasteiger partial charge on any atom is -0.300 e. The molecule has 1 atom stereocenters. The summed E-state index contributed by atoms with van der Waals surface area (Å²) in [5.74, 6) is 0.0785. The average molecular weight is 204 g/mol. The van der Waals surface area contributed by atoms with Gasteiger partial charge < -0.3 is 0 Å². The van der Waals surface area contributed by atoms with E-state index in [1.165, 1.54) is 6.26 Å². The van der Waals surface area contributed by atoms with Gasteiger partial charge in [0.05, 0.1) is 5.25 Å². The van der Waals surface area contributed by atoms with Gasteiger partial charge in [0.25, 0.3) is 0 Å². The Morgan fingerprint density at radius 1 is 1.38 bits per heavy atom. The number of ketones is 1. The molecule has 1 rings (SSSR count). The molecule has 0 aliphatic heterocycles. The molecule has 0 aromatic carbocycles. The molecule has 1 aliphatic carbocycles. The van der Waals surface area contributed by atoms with E-state index < -0.39 is 15.1 Å². The van der Waals surface area contributed by atoms with Gasteiger partial charge in [-0.3, -0.25) is 4.79 Å². The molecule has 13 heavy (non-hydrogen) atoms. The van der Waals surface area contributed by atoms with Crippen LogP contribution in [-0.4, -0.2) is 25.7 Å². The zero-order valence-electron chi connectivity index (χ0n) is 8.33. The summed E-state index contributed by atoms with van der Waals surface area (Å²) in [6.07, 6.45) is 2.63. The quantitative estimate of drug-likeness (QED) is 0.644. The third-order valence-corrected chi connectivity index (χ3v) is 4.69. The molecule has 1 saturated carbocycles. The van der Waals surface area contributed by atoms with Gasteiger partial charge in [0.2, 0.25) is 0 Å². The highest BCUT2D eigenvalue weighted by Gasteiger charge is 2.41. The molecule has 0 radical (unpaired) electrons. The summed E-state index contributed by atoms with van der Waals surface area (Å²) in [4.78, 5) is 11.1. The lowest BCUT2D eigenvalue weighted by Crippen LogP contribution is -2.41. The fraction of sp³-hybridized carbons (Fsp3) is 0.889. The zero-order chi connectivity index (χ0) is 10.3. The van der Waals surface area contributed by atoms with Crippen LogP contribution in [0.15, 0.2) is 0 Å². The number of rotatable bonds is 1. The Morgan fingerprint density at radius 2 is 1.92 bits per heavy atom. The normalized spacial score (nSPS) is 28.8. The summed E-state index contributed by atoms with van der Waals surface area (Å²) < 4.78 is 22.8. The first-order valence-corrected chi connectivity index (χ1v) is 6.39. The summed E-state index contributed by atoms with van der Waals surface area (Å²) >= 11 is 0. The topological polar surface area (TPSA) is 51.2 Å². The van der Waals surface area contributed by atoms with Crippen LogP contribution in [0.4, 0.5) is 0 Å². The van der Waals surface area contributed by atoms with E-state index in [-0.39, 0.29) is 17.6 Å². The Labute approximate surface area is 79.4 Å². The summed E-state index contributed by atoms with van der Waals surface area (Å²) in [5.41, 5.74) is -0.249. The first-order chi connectivity index (χ1) is 5.73. The fourth-order valence-corrected chi connectivity index (χ4v) is 3.70. The van der Waals surface area contributed by atoms with Crippen LogP contribution in [0.5, 0.6) is 0 Å². The Morgan fingerprint density at radius 3 is 2.31 bits per heavy atom. The van der Waals surface area contributed by atoms with E-state index in [4.69, 9.17) is 0 Å². The molecule has 1 unspecified atom stereocenters. The average Bonchev–Trinajstić information content (AvgIpc) is 1.92. The van der Waals surface area contributed by atoms with Crippen LogP contribution in [0.1, 0.15) is 33.1 Å². The predicted octanol–water partition coefficient (Wildman–Crippen LogP) is 1.18. The van der Waals surface area contributed by atoms with Crippen LogP contribution in [0, 0.1) is 5.41 Å². The Kier molecular flexibility index (Phi) is 2.54. The van der Waals surface area contributed by atoms with Gasteiger partial charge >= 0.3 is 0 Å². The Bertz CT molecular complexity index is 314. The van der Waals surface area contributed by atoms with E-state index in [1.54, 1.807) is 0 Å². The molecule has 0 saturated heterocycles. The van der Waals surface area contributed by atoms with Crippen molar-refractivity contribution >= 4 is 15.6 Å². The van der Waals surface area contributed by atoms with Crippen molar-refractivity contribution in [1.82, 2.24) is 0 Å². The van der Waals surface area contributed by atoms with Crippen LogP contribution in [0.2, 0.25) is 0 Å². The number of hydrogen-bond acceptors (Lipinski definition) is 3. The second-order valence-corrected chi connectivity index (χ2v) is 6.78. The molecule has 0 heterocycles. The molecule has 0 amide bonds. The van der Waals surface area contributed by atoms with Crippen LogP contribution in [0.25, 0.3) is 0 Å². The van der Waals surface area contributed by atoms with Crippen molar-refractivity contribution in [1.29, 1.82) is 0 Å². The van der Waals surface area contributed by atoms with Crippen LogP contribution in [0.3, 0.4) is 0 Å². The van der Waals surface area contributed by atoms with E-state index in [9.17, 15) is 13.2 Å². The first kappa shape index (κ1) is 10.7. The fourth-order valence-electron chi connectivity index (χ4n) is 1.94. The molecule has 4 heteroatoms. The lowest BCUT2D eigenvalue weighted by atomic mass is 9.76. The monoisotopic (exact) mass is 204 g/mol. The molecule has 0 aromatic heterocycles. The number of Topliss-reactive ketones (excluding diaryl/α,β-unsaturated/α-hetero) is 1. The molecule has 0 aromatic rings. The molecule has 0 spiro atoms. The molecule has 1 aliphatic rings. The molecule has 1 fully saturated rings. The van der Waals surface area contributed by atoms with E-state index in [0.717, 1.165) is 0 Å². The SMILES string of the molecule is CC1(C)CCC(=O)CC1S(C)(=O)=O. The molecule has 0 bridgehead atoms. The van der Waals surface area contributed by atoms with Crippen molar-refractivity contribution < 1.29 is 13.2 Å². The van der Waals surface area contributed by atoms with E-state index in [2.05, 4.69) is 0 Å². The highest BCUT2D eigenvalue weighted by molar-refractivity contribution is 7.91. The number of carbonyl (C=O) groups excluding carboxylic acids is 1. The second kappa shape index (κ2) is 3.08. The van der Waals surface area contributed by atoms with Crippen LogP contribution in [-0.2, 0) is 14.6 Å². The summed E-state index contributed by atoms with van der Waals surface area (Å²) in [7, 11) is -3.09. The minimum atomic E-state index is -3.09. The van der Waals surface area contributed by atoms with Gasteiger partial charge in [0.1, 0.15) is 5.78 Å². The highest BCUT2D eigenvalue weighted by atomic mass is 32.2. The number of hydrogen-bond donors (Lipinski definition) is 0. The van der Waals surface area contributed by atoms with Crippen molar-refractivity contribution in [2.45, 2.75) is 38.4 Å². The van der Waals surface area contributed by atoms with E-state index >= 15 is 0 Å². The molecular formula is C9H16O3S. The molecule has 76 valence electrons. The maximum absolute atomic E-state index is 11.4. The maximum Gasteiger partial charge on any atom is 0.151 e. The van der Waals surface area contributed by atoms with Crippen molar-refractivity contribution in [2.75, 3.05) is 6.26 Å². The first-order valence-electron chi connectivity index (χ1n) is 4.44. The van der Waals surface area contributed by atoms with Gasteiger partial charge in [-0.1, -0.05) is 13.8 Å². The van der Waals surface area contributed by atoms with Crippen LogP contribution < -0.4 is 0 Å². The molecule has 0 N–H and O–H groups in total. The smallest absolute Gasteiger partial charge is 0.151 e. The van der Waals surface area contributed by atoms with Gasteiger partial charge in [-0.15, -0.1) is 0 Å². The summed E-state index contributed by atoms with van der Waals surface area (Å²) in [6.45, 7) is 3.84.